The van der Waals surface area contributed by atoms with Gasteiger partial charge in [-0.15, -0.1) is 0 Å². The van der Waals surface area contributed by atoms with Crippen molar-refractivity contribution in [2.75, 3.05) is 26.9 Å². The summed E-state index contributed by atoms with van der Waals surface area (Å²) in [6, 6.07) is 5.02. The van der Waals surface area contributed by atoms with Crippen LogP contribution in [0.2, 0.25) is 0 Å². The first-order chi connectivity index (χ1) is 14.0. The molecule has 0 radical (unpaired) electrons. The number of benzene rings is 1. The summed E-state index contributed by atoms with van der Waals surface area (Å²) in [5.74, 6) is 0.589. The van der Waals surface area contributed by atoms with E-state index in [9.17, 15) is 14.7 Å². The second-order valence-electron chi connectivity index (χ2n) is 7.53. The predicted octanol–water partition coefficient (Wildman–Crippen LogP) is 2.75. The Morgan fingerprint density at radius 3 is 2.72 bits per heavy atom. The average molecular weight is 406 g/mol. The number of phenolic OH excluding ortho intramolecular Hbond substituents is 1. The molecule has 2 aliphatic rings. The number of phenols is 1. The minimum Gasteiger partial charge on any atom is -0.508 e. The molecule has 2 N–H and O–H groups in total. The lowest BCUT2D eigenvalue weighted by molar-refractivity contribution is -0.149. The molecule has 8 heteroatoms. The minimum absolute atomic E-state index is 0.0350. The van der Waals surface area contributed by atoms with Gasteiger partial charge < -0.3 is 29.5 Å². The molecule has 8 nitrogen and oxygen atoms in total. The third kappa shape index (κ3) is 5.76. The summed E-state index contributed by atoms with van der Waals surface area (Å²) in [4.78, 5) is 26.1. The van der Waals surface area contributed by atoms with Crippen LogP contribution in [0.1, 0.15) is 50.6 Å². The van der Waals surface area contributed by atoms with Crippen LogP contribution in [0, 0.1) is 0 Å². The van der Waals surface area contributed by atoms with Crippen LogP contribution >= 0.6 is 0 Å². The van der Waals surface area contributed by atoms with Gasteiger partial charge in [-0.05, 0) is 56.7 Å². The van der Waals surface area contributed by atoms with Gasteiger partial charge in [0.05, 0.1) is 19.7 Å². The van der Waals surface area contributed by atoms with Crippen molar-refractivity contribution >= 4 is 12.0 Å². The maximum atomic E-state index is 13.1. The van der Waals surface area contributed by atoms with Crippen LogP contribution in [-0.2, 0) is 14.3 Å². The van der Waals surface area contributed by atoms with Crippen molar-refractivity contribution in [2.45, 2.75) is 57.2 Å². The Bertz CT molecular complexity index is 715. The second-order valence-corrected chi connectivity index (χ2v) is 7.53. The Kier molecular flexibility index (Phi) is 7.19. The maximum Gasteiger partial charge on any atom is 0.406 e. The smallest absolute Gasteiger partial charge is 0.406 e. The molecule has 1 aromatic carbocycles. The van der Waals surface area contributed by atoms with Gasteiger partial charge in [0.25, 0.3) is 5.91 Å². The summed E-state index contributed by atoms with van der Waals surface area (Å²) in [5.41, 5.74) is 0.803. The molecule has 1 saturated carbocycles. The van der Waals surface area contributed by atoms with Crippen LogP contribution in [0.5, 0.6) is 11.5 Å². The molecule has 160 valence electrons. The largest absolute Gasteiger partial charge is 0.508 e. The Hall–Kier alpha value is -2.48. The van der Waals surface area contributed by atoms with E-state index < -0.39 is 6.09 Å². The van der Waals surface area contributed by atoms with Gasteiger partial charge in [0.15, 0.2) is 0 Å². The van der Waals surface area contributed by atoms with Crippen molar-refractivity contribution in [1.29, 1.82) is 0 Å². The molecule has 1 aliphatic heterocycles. The zero-order valence-electron chi connectivity index (χ0n) is 17.1. The number of hydrogen-bond donors (Lipinski definition) is 2. The number of hydrogen-bond acceptors (Lipinski definition) is 6. The van der Waals surface area contributed by atoms with E-state index in [1.807, 2.05) is 17.9 Å². The van der Waals surface area contributed by atoms with Crippen LogP contribution in [-0.4, -0.2) is 61.0 Å². The molecule has 1 aromatic rings. The molecule has 1 saturated heterocycles. The highest BCUT2D eigenvalue weighted by atomic mass is 16.5. The van der Waals surface area contributed by atoms with E-state index in [-0.39, 0.29) is 43.0 Å². The summed E-state index contributed by atoms with van der Waals surface area (Å²) >= 11 is 0. The third-order valence-corrected chi connectivity index (χ3v) is 5.29. The number of amides is 2. The molecule has 3 rings (SSSR count). The Balaban J connectivity index is 1.67. The first kappa shape index (κ1) is 21.2. The predicted molar refractivity (Wildman–Crippen MR) is 106 cm³/mol. The number of carbonyl (C=O) groups is 2. The number of alkyl carbamates (subject to hydrolysis) is 1. The van der Waals surface area contributed by atoms with Gasteiger partial charge in [-0.1, -0.05) is 0 Å². The molecule has 0 bridgehead atoms. The molecule has 2 fully saturated rings. The highest BCUT2D eigenvalue weighted by molar-refractivity contribution is 5.82. The molecule has 29 heavy (non-hydrogen) atoms. The summed E-state index contributed by atoms with van der Waals surface area (Å²) in [7, 11) is 1.30. The number of nitrogens with zero attached hydrogens (tertiary/aromatic N) is 1. The van der Waals surface area contributed by atoms with Gasteiger partial charge in [0.2, 0.25) is 0 Å². The van der Waals surface area contributed by atoms with E-state index in [0.29, 0.717) is 12.4 Å². The third-order valence-electron chi connectivity index (χ3n) is 5.29. The van der Waals surface area contributed by atoms with Crippen molar-refractivity contribution in [1.82, 2.24) is 10.2 Å². The Morgan fingerprint density at radius 2 is 2.07 bits per heavy atom. The van der Waals surface area contributed by atoms with Gasteiger partial charge in [0.1, 0.15) is 24.2 Å². The van der Waals surface area contributed by atoms with Crippen LogP contribution < -0.4 is 10.1 Å². The summed E-state index contributed by atoms with van der Waals surface area (Å²) in [6.07, 6.45) is 3.85. The van der Waals surface area contributed by atoms with Gasteiger partial charge in [0, 0.05) is 18.7 Å². The van der Waals surface area contributed by atoms with Gasteiger partial charge in [-0.25, -0.2) is 4.79 Å². The number of ether oxygens (including phenoxy) is 3. The van der Waals surface area contributed by atoms with E-state index in [1.54, 1.807) is 6.07 Å². The molecule has 2 atom stereocenters. The second kappa shape index (κ2) is 9.82. The quantitative estimate of drug-likeness (QED) is 0.645. The summed E-state index contributed by atoms with van der Waals surface area (Å²) in [6.45, 7) is 3.11. The first-order valence-corrected chi connectivity index (χ1v) is 10.2. The number of methoxy groups -OCH3 is 1. The zero-order chi connectivity index (χ0) is 20.8. The molecule has 0 aromatic heterocycles. The monoisotopic (exact) mass is 406 g/mol. The molecule has 0 spiro atoms. The number of carbonyl (C=O) groups excluding carboxylic acids is 2. The molecule has 1 aliphatic carbocycles. The topological polar surface area (TPSA) is 97.3 Å². The maximum absolute atomic E-state index is 13.1. The van der Waals surface area contributed by atoms with Crippen LogP contribution in [0.3, 0.4) is 0 Å². The molecule has 2 amide bonds. The van der Waals surface area contributed by atoms with E-state index in [1.165, 1.54) is 13.2 Å². The highest BCUT2D eigenvalue weighted by Crippen LogP contribution is 2.37. The summed E-state index contributed by atoms with van der Waals surface area (Å²) < 4.78 is 15.9. The zero-order valence-corrected chi connectivity index (χ0v) is 17.1. The summed E-state index contributed by atoms with van der Waals surface area (Å²) in [5, 5.41) is 12.7. The number of aromatic hydroxyl groups is 1. The molecular weight excluding hydrogens is 376 g/mol. The normalized spacial score (nSPS) is 19.9. The van der Waals surface area contributed by atoms with E-state index in [2.05, 4.69) is 10.1 Å². The fourth-order valence-corrected chi connectivity index (χ4v) is 3.63. The lowest BCUT2D eigenvalue weighted by Gasteiger charge is -2.34. The number of nitrogens with one attached hydrogen (secondary N) is 1. The lowest BCUT2D eigenvalue weighted by atomic mass is 10.0. The SMILES string of the molecule is COC(=O)NCCOc1cc(O)cc([C@@H](C)N(C(=O)[C@H]2CCCCO2)C2CC2)c1. The Labute approximate surface area is 171 Å². The van der Waals surface area contributed by atoms with E-state index in [0.717, 1.165) is 37.7 Å². The number of rotatable bonds is 8. The highest BCUT2D eigenvalue weighted by Gasteiger charge is 2.40. The first-order valence-electron chi connectivity index (χ1n) is 10.2. The molecular formula is C21H30N2O6. The Morgan fingerprint density at radius 1 is 1.28 bits per heavy atom. The van der Waals surface area contributed by atoms with Crippen LogP contribution in [0.15, 0.2) is 18.2 Å². The van der Waals surface area contributed by atoms with Crippen molar-refractivity contribution in [3.63, 3.8) is 0 Å². The molecule has 0 unspecified atom stereocenters. The van der Waals surface area contributed by atoms with Crippen molar-refractivity contribution in [3.8, 4) is 11.5 Å². The minimum atomic E-state index is -0.526. The average Bonchev–Trinajstić information content (AvgIpc) is 3.56. The van der Waals surface area contributed by atoms with Gasteiger partial charge >= 0.3 is 6.09 Å². The van der Waals surface area contributed by atoms with Crippen molar-refractivity contribution in [3.05, 3.63) is 23.8 Å². The fraction of sp³-hybridized carbons (Fsp3) is 0.619. The lowest BCUT2D eigenvalue weighted by Crippen LogP contribution is -2.44. The van der Waals surface area contributed by atoms with Crippen molar-refractivity contribution < 1.29 is 28.9 Å². The van der Waals surface area contributed by atoms with Crippen LogP contribution in [0.4, 0.5) is 4.79 Å². The van der Waals surface area contributed by atoms with E-state index in [4.69, 9.17) is 9.47 Å². The van der Waals surface area contributed by atoms with Crippen molar-refractivity contribution in [2.24, 2.45) is 0 Å². The standard InChI is InChI=1S/C21H30N2O6/c1-14(23(16-6-7-16)20(25)19-5-3-4-9-29-19)15-11-17(24)13-18(12-15)28-10-8-22-21(26)27-2/h11-14,16,19,24H,3-10H2,1-2H3,(H,22,26)/t14-,19-/m1/s1. The van der Waals surface area contributed by atoms with Gasteiger partial charge in [-0.2, -0.15) is 0 Å². The van der Waals surface area contributed by atoms with Crippen LogP contribution in [0.25, 0.3) is 0 Å². The van der Waals surface area contributed by atoms with E-state index >= 15 is 0 Å². The fourth-order valence-electron chi connectivity index (χ4n) is 3.63. The molecule has 1 heterocycles. The van der Waals surface area contributed by atoms with Gasteiger partial charge in [-0.3, -0.25) is 4.79 Å².